The molecule has 1 aromatic rings. The molecule has 1 saturated heterocycles. The third-order valence-electron chi connectivity index (χ3n) is 3.75. The van der Waals surface area contributed by atoms with Gasteiger partial charge in [-0.15, -0.1) is 0 Å². The van der Waals surface area contributed by atoms with Crippen molar-refractivity contribution in [2.45, 2.75) is 25.8 Å². The van der Waals surface area contributed by atoms with Crippen LogP contribution < -0.4 is 10.1 Å². The number of benzene rings is 1. The number of amides is 1. The minimum atomic E-state index is -0.884. The van der Waals surface area contributed by atoms with Crippen molar-refractivity contribution in [2.24, 2.45) is 0 Å². The number of nitrogens with zero attached hydrogens (tertiary/aromatic N) is 1. The van der Waals surface area contributed by atoms with Gasteiger partial charge in [-0.1, -0.05) is 11.6 Å². The van der Waals surface area contributed by atoms with Crippen LogP contribution in [0.25, 0.3) is 0 Å². The standard InChI is InChI=1S/C15H19ClN2O4/c1-9-6-11(13(22-2)7-10(9)16)17-14(19)8-18-5-3-4-12(18)15(20)21/h6-7,12H,3-5,8H2,1-2H3,(H,17,19)(H,20,21). The summed E-state index contributed by atoms with van der Waals surface area (Å²) in [5.41, 5.74) is 1.35. The van der Waals surface area contributed by atoms with Gasteiger partial charge >= 0.3 is 5.97 Å². The third kappa shape index (κ3) is 3.69. The van der Waals surface area contributed by atoms with Crippen LogP contribution in [0.15, 0.2) is 12.1 Å². The Labute approximate surface area is 134 Å². The number of hydrogen-bond acceptors (Lipinski definition) is 4. The Balaban J connectivity index is 2.06. The van der Waals surface area contributed by atoms with Crippen molar-refractivity contribution in [2.75, 3.05) is 25.5 Å². The number of aryl methyl sites for hydroxylation is 1. The molecule has 0 aromatic heterocycles. The number of carbonyl (C=O) groups is 2. The van der Waals surface area contributed by atoms with Gasteiger partial charge in [0.1, 0.15) is 11.8 Å². The zero-order valence-electron chi connectivity index (χ0n) is 12.6. The van der Waals surface area contributed by atoms with E-state index in [1.54, 1.807) is 17.0 Å². The second-order valence-electron chi connectivity index (χ2n) is 5.32. The predicted molar refractivity (Wildman–Crippen MR) is 83.6 cm³/mol. The number of halogens is 1. The van der Waals surface area contributed by atoms with E-state index in [0.717, 1.165) is 12.0 Å². The molecular weight excluding hydrogens is 308 g/mol. The average molecular weight is 327 g/mol. The Morgan fingerprint density at radius 1 is 1.50 bits per heavy atom. The number of likely N-dealkylation sites (tertiary alicyclic amines) is 1. The first-order valence-electron chi connectivity index (χ1n) is 7.03. The molecule has 7 heteroatoms. The van der Waals surface area contributed by atoms with Crippen molar-refractivity contribution < 1.29 is 19.4 Å². The highest BCUT2D eigenvalue weighted by molar-refractivity contribution is 6.31. The molecule has 2 N–H and O–H groups in total. The van der Waals surface area contributed by atoms with E-state index < -0.39 is 12.0 Å². The number of anilines is 1. The van der Waals surface area contributed by atoms with Crippen LogP contribution in [0.1, 0.15) is 18.4 Å². The number of nitrogens with one attached hydrogen (secondary N) is 1. The summed E-state index contributed by atoms with van der Waals surface area (Å²) in [6.07, 6.45) is 1.36. The molecule has 1 aliphatic heterocycles. The first kappa shape index (κ1) is 16.6. The number of methoxy groups -OCH3 is 1. The van der Waals surface area contributed by atoms with Crippen LogP contribution in [0, 0.1) is 6.92 Å². The molecular formula is C15H19ClN2O4. The van der Waals surface area contributed by atoms with Gasteiger partial charge in [-0.3, -0.25) is 14.5 Å². The molecule has 1 atom stereocenters. The molecule has 1 aromatic carbocycles. The topological polar surface area (TPSA) is 78.9 Å². The minimum absolute atomic E-state index is 0.0434. The summed E-state index contributed by atoms with van der Waals surface area (Å²) in [5, 5.41) is 12.4. The molecule has 120 valence electrons. The Hall–Kier alpha value is -1.79. The van der Waals surface area contributed by atoms with Gasteiger partial charge in [0.25, 0.3) is 0 Å². The van der Waals surface area contributed by atoms with Crippen molar-refractivity contribution in [1.29, 1.82) is 0 Å². The lowest BCUT2D eigenvalue weighted by Crippen LogP contribution is -2.40. The second kappa shape index (κ2) is 6.98. The van der Waals surface area contributed by atoms with E-state index in [0.29, 0.717) is 29.4 Å². The molecule has 1 amide bonds. The molecule has 0 aliphatic carbocycles. The van der Waals surface area contributed by atoms with Gasteiger partial charge in [0.2, 0.25) is 5.91 Å². The predicted octanol–water partition coefficient (Wildman–Crippen LogP) is 2.14. The fourth-order valence-electron chi connectivity index (χ4n) is 2.60. The van der Waals surface area contributed by atoms with Gasteiger partial charge in [-0.25, -0.2) is 0 Å². The molecule has 6 nitrogen and oxygen atoms in total. The molecule has 1 unspecified atom stereocenters. The average Bonchev–Trinajstić information content (AvgIpc) is 2.90. The molecule has 22 heavy (non-hydrogen) atoms. The van der Waals surface area contributed by atoms with Crippen molar-refractivity contribution in [1.82, 2.24) is 4.90 Å². The summed E-state index contributed by atoms with van der Waals surface area (Å²) in [5.74, 6) is -0.682. The van der Waals surface area contributed by atoms with Gasteiger partial charge in [0.15, 0.2) is 0 Å². The smallest absolute Gasteiger partial charge is 0.320 e. The van der Waals surface area contributed by atoms with E-state index in [4.69, 9.17) is 21.4 Å². The molecule has 1 fully saturated rings. The van der Waals surface area contributed by atoms with Crippen LogP contribution in [-0.4, -0.2) is 48.1 Å². The minimum Gasteiger partial charge on any atom is -0.495 e. The van der Waals surface area contributed by atoms with Crippen LogP contribution in [0.5, 0.6) is 5.75 Å². The highest BCUT2D eigenvalue weighted by Crippen LogP contribution is 2.31. The van der Waals surface area contributed by atoms with Gasteiger partial charge in [-0.2, -0.15) is 0 Å². The van der Waals surface area contributed by atoms with Gasteiger partial charge in [-0.05, 0) is 37.9 Å². The number of rotatable bonds is 5. The Bertz CT molecular complexity index is 591. The maximum absolute atomic E-state index is 12.2. The summed E-state index contributed by atoms with van der Waals surface area (Å²) < 4.78 is 5.20. The lowest BCUT2D eigenvalue weighted by atomic mass is 10.2. The maximum Gasteiger partial charge on any atom is 0.320 e. The molecule has 1 aliphatic rings. The van der Waals surface area contributed by atoms with Gasteiger partial charge < -0.3 is 15.2 Å². The largest absolute Gasteiger partial charge is 0.495 e. The third-order valence-corrected chi connectivity index (χ3v) is 4.16. The van der Waals surface area contributed by atoms with Crippen LogP contribution in [0.3, 0.4) is 0 Å². The Morgan fingerprint density at radius 3 is 2.86 bits per heavy atom. The number of hydrogen-bond donors (Lipinski definition) is 2. The van der Waals surface area contributed by atoms with Gasteiger partial charge in [0, 0.05) is 11.1 Å². The number of carbonyl (C=O) groups excluding carboxylic acids is 1. The van der Waals surface area contributed by atoms with E-state index >= 15 is 0 Å². The second-order valence-corrected chi connectivity index (χ2v) is 5.72. The molecule has 0 bridgehead atoms. The van der Waals surface area contributed by atoms with Crippen LogP contribution in [-0.2, 0) is 9.59 Å². The van der Waals surface area contributed by atoms with E-state index in [9.17, 15) is 9.59 Å². The maximum atomic E-state index is 12.2. The van der Waals surface area contributed by atoms with Crippen LogP contribution >= 0.6 is 11.6 Å². The number of carboxylic acids is 1. The summed E-state index contributed by atoms with van der Waals surface area (Å²) in [6.45, 7) is 2.49. The summed E-state index contributed by atoms with van der Waals surface area (Å²) in [6, 6.07) is 2.79. The first-order chi connectivity index (χ1) is 10.4. The zero-order chi connectivity index (χ0) is 16.3. The Kier molecular flexibility index (Phi) is 5.26. The molecule has 0 radical (unpaired) electrons. The highest BCUT2D eigenvalue weighted by atomic mass is 35.5. The van der Waals surface area contributed by atoms with Crippen LogP contribution in [0.4, 0.5) is 5.69 Å². The zero-order valence-corrected chi connectivity index (χ0v) is 13.3. The van der Waals surface area contributed by atoms with Crippen molar-refractivity contribution >= 4 is 29.2 Å². The summed E-state index contributed by atoms with van der Waals surface area (Å²) in [7, 11) is 1.50. The molecule has 0 spiro atoms. The van der Waals surface area contributed by atoms with E-state index in [1.165, 1.54) is 7.11 Å². The fraction of sp³-hybridized carbons (Fsp3) is 0.467. The first-order valence-corrected chi connectivity index (χ1v) is 7.41. The Morgan fingerprint density at radius 2 is 2.23 bits per heavy atom. The summed E-state index contributed by atoms with van der Waals surface area (Å²) in [4.78, 5) is 25.0. The van der Waals surface area contributed by atoms with Crippen molar-refractivity contribution in [3.63, 3.8) is 0 Å². The van der Waals surface area contributed by atoms with Crippen molar-refractivity contribution in [3.8, 4) is 5.75 Å². The molecule has 1 heterocycles. The summed E-state index contributed by atoms with van der Waals surface area (Å²) >= 11 is 6.03. The quantitative estimate of drug-likeness (QED) is 0.866. The van der Waals surface area contributed by atoms with E-state index in [1.807, 2.05) is 6.92 Å². The lowest BCUT2D eigenvalue weighted by Gasteiger charge is -2.20. The number of carboxylic acid groups (broad SMARTS) is 1. The van der Waals surface area contributed by atoms with Crippen molar-refractivity contribution in [3.05, 3.63) is 22.7 Å². The fourth-order valence-corrected chi connectivity index (χ4v) is 2.75. The normalized spacial score (nSPS) is 18.2. The number of ether oxygens (including phenoxy) is 1. The van der Waals surface area contributed by atoms with Gasteiger partial charge in [0.05, 0.1) is 19.3 Å². The SMILES string of the molecule is COc1cc(Cl)c(C)cc1NC(=O)CN1CCCC1C(=O)O. The van der Waals surface area contributed by atoms with Crippen LogP contribution in [0.2, 0.25) is 5.02 Å². The molecule has 0 saturated carbocycles. The van der Waals surface area contributed by atoms with E-state index in [-0.39, 0.29) is 12.5 Å². The highest BCUT2D eigenvalue weighted by Gasteiger charge is 2.31. The van der Waals surface area contributed by atoms with E-state index in [2.05, 4.69) is 5.32 Å². The number of aliphatic carboxylic acids is 1. The monoisotopic (exact) mass is 326 g/mol. The lowest BCUT2D eigenvalue weighted by molar-refractivity contribution is -0.142. The molecule has 2 rings (SSSR count).